The molecule has 0 radical (unpaired) electrons. The van der Waals surface area contributed by atoms with Gasteiger partial charge in [-0.05, 0) is 32.9 Å². The first-order valence-corrected chi connectivity index (χ1v) is 7.73. The van der Waals surface area contributed by atoms with Crippen LogP contribution in [0.5, 0.6) is 0 Å². The molecule has 112 valence electrons. The third-order valence-corrected chi connectivity index (χ3v) is 4.85. The van der Waals surface area contributed by atoms with E-state index in [-0.39, 0.29) is 11.2 Å². The molecular weight excluding hydrogens is 282 g/mol. The number of aromatic nitrogens is 3. The summed E-state index contributed by atoms with van der Waals surface area (Å²) in [5.74, 6) is 0.000463. The molecule has 0 fully saturated rings. The van der Waals surface area contributed by atoms with Crippen molar-refractivity contribution < 1.29 is 4.79 Å². The van der Waals surface area contributed by atoms with Crippen molar-refractivity contribution in [1.29, 1.82) is 0 Å². The summed E-state index contributed by atoms with van der Waals surface area (Å²) >= 11 is 1.48. The van der Waals surface area contributed by atoms with Gasteiger partial charge in [-0.2, -0.15) is 5.10 Å². The number of nitrogens with one attached hydrogen (secondary N) is 1. The van der Waals surface area contributed by atoms with E-state index in [0.717, 1.165) is 32.5 Å². The lowest BCUT2D eigenvalue weighted by Crippen LogP contribution is -2.10. The van der Waals surface area contributed by atoms with Crippen molar-refractivity contribution >= 4 is 23.2 Å². The first kappa shape index (κ1) is 15.6. The minimum Gasteiger partial charge on any atom is -0.288 e. The quantitative estimate of drug-likeness (QED) is 0.689. The molecule has 2 aromatic heterocycles. The second kappa shape index (κ2) is 5.56. The Morgan fingerprint density at radius 1 is 1.19 bits per heavy atom. The number of hydrogen-bond acceptors (Lipinski definition) is 4. The first-order chi connectivity index (χ1) is 9.70. The van der Waals surface area contributed by atoms with Crippen molar-refractivity contribution in [1.82, 2.24) is 15.2 Å². The molecule has 0 saturated carbocycles. The normalized spacial score (nSPS) is 12.3. The van der Waals surface area contributed by atoms with Crippen LogP contribution in [0, 0.1) is 20.8 Å². The Bertz CT molecular complexity index is 682. The van der Waals surface area contributed by atoms with Gasteiger partial charge in [-0.3, -0.25) is 9.89 Å². The van der Waals surface area contributed by atoms with Gasteiger partial charge in [0.05, 0.1) is 21.3 Å². The van der Waals surface area contributed by atoms with Crippen LogP contribution in [0.3, 0.4) is 0 Å². The molecule has 0 saturated heterocycles. The van der Waals surface area contributed by atoms with Gasteiger partial charge in [0.2, 0.25) is 0 Å². The van der Waals surface area contributed by atoms with E-state index in [4.69, 9.17) is 0 Å². The predicted octanol–water partition coefficient (Wildman–Crippen LogP) is 3.99. The number of H-pyrrole nitrogens is 1. The average Bonchev–Trinajstić information content (AvgIpc) is 2.91. The van der Waals surface area contributed by atoms with Crippen LogP contribution >= 0.6 is 11.3 Å². The van der Waals surface area contributed by atoms with Crippen LogP contribution in [0.2, 0.25) is 0 Å². The van der Waals surface area contributed by atoms with Crippen molar-refractivity contribution in [3.63, 3.8) is 0 Å². The monoisotopic (exact) mass is 303 g/mol. The van der Waals surface area contributed by atoms with Crippen LogP contribution in [0.4, 0.5) is 0 Å². The number of nitrogens with zero attached hydrogens (tertiary/aromatic N) is 2. The molecule has 1 N–H and O–H groups in total. The zero-order valence-corrected chi connectivity index (χ0v) is 14.2. The van der Waals surface area contributed by atoms with Crippen LogP contribution < -0.4 is 0 Å². The molecule has 5 heteroatoms. The van der Waals surface area contributed by atoms with Gasteiger partial charge in [0, 0.05) is 16.7 Å². The Hall–Kier alpha value is -1.75. The number of aromatic amines is 1. The Morgan fingerprint density at radius 2 is 1.86 bits per heavy atom. The highest BCUT2D eigenvalue weighted by atomic mass is 32.1. The van der Waals surface area contributed by atoms with Crippen molar-refractivity contribution in [2.45, 2.75) is 47.0 Å². The summed E-state index contributed by atoms with van der Waals surface area (Å²) in [6.07, 6.45) is 3.43. The SMILES string of the molecule is Cc1nc(C(C)(C)C)sc1C(=O)C=Cc1c(C)n[nH]c1C. The molecule has 4 nitrogen and oxygen atoms in total. The summed E-state index contributed by atoms with van der Waals surface area (Å²) in [7, 11) is 0. The second-order valence-electron chi connectivity index (χ2n) is 6.23. The molecule has 0 bridgehead atoms. The molecule has 0 atom stereocenters. The number of allylic oxidation sites excluding steroid dienone is 1. The summed E-state index contributed by atoms with van der Waals surface area (Å²) in [5, 5.41) is 8.03. The van der Waals surface area contributed by atoms with Crippen LogP contribution in [0.25, 0.3) is 6.08 Å². The Balaban J connectivity index is 2.27. The second-order valence-corrected chi connectivity index (χ2v) is 7.23. The van der Waals surface area contributed by atoms with E-state index in [1.807, 2.05) is 26.8 Å². The summed E-state index contributed by atoms with van der Waals surface area (Å²) < 4.78 is 0. The highest BCUT2D eigenvalue weighted by molar-refractivity contribution is 7.14. The van der Waals surface area contributed by atoms with Crippen LogP contribution in [0.15, 0.2) is 6.08 Å². The molecule has 2 aromatic rings. The minimum absolute atomic E-state index is 0.000463. The molecule has 0 aliphatic carbocycles. The zero-order chi connectivity index (χ0) is 15.8. The van der Waals surface area contributed by atoms with E-state index in [0.29, 0.717) is 0 Å². The van der Waals surface area contributed by atoms with Gasteiger partial charge in [-0.1, -0.05) is 20.8 Å². The summed E-state index contributed by atoms with van der Waals surface area (Å²) in [6.45, 7) is 12.1. The van der Waals surface area contributed by atoms with E-state index in [9.17, 15) is 4.79 Å². The fourth-order valence-corrected chi connectivity index (χ4v) is 3.03. The number of ketones is 1. The summed E-state index contributed by atoms with van der Waals surface area (Å²) in [5.41, 5.74) is 3.61. The zero-order valence-electron chi connectivity index (χ0n) is 13.4. The molecular formula is C16H21N3OS. The third-order valence-electron chi connectivity index (χ3n) is 3.25. The van der Waals surface area contributed by atoms with Crippen molar-refractivity contribution in [3.8, 4) is 0 Å². The number of hydrogen-bond donors (Lipinski definition) is 1. The lowest BCUT2D eigenvalue weighted by atomic mass is 9.98. The molecule has 0 amide bonds. The standard InChI is InChI=1S/C16H21N3OS/c1-9-12(10(2)19-18-9)7-8-13(20)14-11(3)17-15(21-14)16(4,5)6/h7-8H,1-6H3,(H,18,19). The van der Waals surface area contributed by atoms with Crippen LogP contribution in [-0.4, -0.2) is 21.0 Å². The van der Waals surface area contributed by atoms with Crippen molar-refractivity contribution in [2.75, 3.05) is 0 Å². The molecule has 2 heterocycles. The lowest BCUT2D eigenvalue weighted by molar-refractivity contribution is 0.105. The number of aryl methyl sites for hydroxylation is 3. The van der Waals surface area contributed by atoms with Crippen molar-refractivity contribution in [2.24, 2.45) is 0 Å². The van der Waals surface area contributed by atoms with E-state index in [1.54, 1.807) is 6.08 Å². The van der Waals surface area contributed by atoms with Gasteiger partial charge in [-0.25, -0.2) is 4.98 Å². The van der Waals surface area contributed by atoms with Gasteiger partial charge in [-0.15, -0.1) is 11.3 Å². The Morgan fingerprint density at radius 3 is 2.33 bits per heavy atom. The predicted molar refractivity (Wildman–Crippen MR) is 87.0 cm³/mol. The highest BCUT2D eigenvalue weighted by Gasteiger charge is 2.22. The summed E-state index contributed by atoms with van der Waals surface area (Å²) in [6, 6.07) is 0. The van der Waals surface area contributed by atoms with Crippen LogP contribution in [-0.2, 0) is 5.41 Å². The number of carbonyl (C=O) groups excluding carboxylic acids is 1. The first-order valence-electron chi connectivity index (χ1n) is 6.92. The number of carbonyl (C=O) groups is 1. The largest absolute Gasteiger partial charge is 0.288 e. The maximum Gasteiger partial charge on any atom is 0.197 e. The molecule has 0 unspecified atom stereocenters. The minimum atomic E-state index is -0.0323. The average molecular weight is 303 g/mol. The molecule has 0 aliphatic rings. The van der Waals surface area contributed by atoms with E-state index in [1.165, 1.54) is 11.3 Å². The van der Waals surface area contributed by atoms with Gasteiger partial charge in [0.15, 0.2) is 5.78 Å². The molecule has 21 heavy (non-hydrogen) atoms. The fraction of sp³-hybridized carbons (Fsp3) is 0.438. The van der Waals surface area contributed by atoms with Gasteiger partial charge in [0.1, 0.15) is 0 Å². The van der Waals surface area contributed by atoms with Gasteiger partial charge < -0.3 is 0 Å². The van der Waals surface area contributed by atoms with Gasteiger partial charge in [0.25, 0.3) is 0 Å². The van der Waals surface area contributed by atoms with E-state index in [2.05, 4.69) is 36.0 Å². The fourth-order valence-electron chi connectivity index (χ4n) is 1.99. The Kier molecular flexibility index (Phi) is 4.14. The van der Waals surface area contributed by atoms with E-state index >= 15 is 0 Å². The number of thiazole rings is 1. The highest BCUT2D eigenvalue weighted by Crippen LogP contribution is 2.29. The van der Waals surface area contributed by atoms with E-state index < -0.39 is 0 Å². The van der Waals surface area contributed by atoms with Crippen LogP contribution in [0.1, 0.15) is 58.1 Å². The third kappa shape index (κ3) is 3.29. The molecule has 0 aromatic carbocycles. The maximum atomic E-state index is 12.4. The number of rotatable bonds is 3. The summed E-state index contributed by atoms with van der Waals surface area (Å²) in [4.78, 5) is 17.6. The van der Waals surface area contributed by atoms with Gasteiger partial charge >= 0.3 is 0 Å². The molecule has 2 rings (SSSR count). The van der Waals surface area contributed by atoms with Crippen molar-refractivity contribution in [3.05, 3.63) is 38.6 Å². The molecule has 0 spiro atoms. The molecule has 0 aliphatic heterocycles. The topological polar surface area (TPSA) is 58.6 Å². The maximum absolute atomic E-state index is 12.4. The Labute approximate surface area is 129 Å². The lowest BCUT2D eigenvalue weighted by Gasteiger charge is -2.13. The smallest absolute Gasteiger partial charge is 0.197 e.